The second-order valence-corrected chi connectivity index (χ2v) is 5.03. The van der Waals surface area contributed by atoms with Gasteiger partial charge in [-0.3, -0.25) is 4.90 Å². The molecule has 1 fully saturated rings. The fraction of sp³-hybridized carbons (Fsp3) is 0.429. The van der Waals surface area contributed by atoms with E-state index in [-0.39, 0.29) is 5.82 Å². The molecular weight excluding hydrogens is 259 g/mol. The molecule has 0 radical (unpaired) electrons. The smallest absolute Gasteiger partial charge is 0.247 e. The van der Waals surface area contributed by atoms with Crippen molar-refractivity contribution in [3.05, 3.63) is 36.0 Å². The summed E-state index contributed by atoms with van der Waals surface area (Å²) in [5.74, 6) is 0.754. The van der Waals surface area contributed by atoms with Crippen molar-refractivity contribution >= 4 is 0 Å². The van der Waals surface area contributed by atoms with Crippen LogP contribution in [0.4, 0.5) is 4.39 Å². The van der Waals surface area contributed by atoms with Gasteiger partial charge in [0.2, 0.25) is 11.8 Å². The highest BCUT2D eigenvalue weighted by atomic mass is 19.1. The molecule has 0 unspecified atom stereocenters. The first-order chi connectivity index (χ1) is 9.72. The molecule has 1 saturated heterocycles. The highest BCUT2D eigenvalue weighted by molar-refractivity contribution is 5.51. The molecule has 0 saturated carbocycles. The lowest BCUT2D eigenvalue weighted by molar-refractivity contribution is 0.151. The molecule has 0 aliphatic carbocycles. The van der Waals surface area contributed by atoms with Gasteiger partial charge in [0.1, 0.15) is 5.82 Å². The molecule has 6 heteroatoms. The van der Waals surface area contributed by atoms with Crippen molar-refractivity contribution in [1.82, 2.24) is 20.4 Å². The van der Waals surface area contributed by atoms with E-state index in [1.165, 1.54) is 12.1 Å². The maximum Gasteiger partial charge on any atom is 0.247 e. The molecule has 1 atom stereocenters. The number of nitrogens with one attached hydrogen (secondary N) is 1. The predicted molar refractivity (Wildman–Crippen MR) is 72.4 cm³/mol. The fourth-order valence-electron chi connectivity index (χ4n) is 2.32. The number of halogens is 1. The monoisotopic (exact) mass is 276 g/mol. The van der Waals surface area contributed by atoms with Gasteiger partial charge in [0.25, 0.3) is 0 Å². The second-order valence-electron chi connectivity index (χ2n) is 5.03. The molecule has 0 spiro atoms. The Kier molecular flexibility index (Phi) is 3.75. The third-order valence-electron chi connectivity index (χ3n) is 3.54. The minimum absolute atomic E-state index is 0.275. The van der Waals surface area contributed by atoms with Gasteiger partial charge in [-0.2, -0.15) is 0 Å². The van der Waals surface area contributed by atoms with Crippen LogP contribution in [0, 0.1) is 5.82 Å². The quantitative estimate of drug-likeness (QED) is 0.924. The number of aromatic nitrogens is 2. The fourth-order valence-corrected chi connectivity index (χ4v) is 2.32. The van der Waals surface area contributed by atoms with E-state index in [1.807, 2.05) is 0 Å². The third-order valence-corrected chi connectivity index (χ3v) is 3.54. The summed E-state index contributed by atoms with van der Waals surface area (Å²) in [6.45, 7) is 5.73. The van der Waals surface area contributed by atoms with Crippen LogP contribution in [-0.4, -0.2) is 40.8 Å². The Hall–Kier alpha value is -1.79. The number of nitrogens with zero attached hydrogens (tertiary/aromatic N) is 3. The molecule has 1 aliphatic rings. The van der Waals surface area contributed by atoms with Crippen LogP contribution < -0.4 is 5.32 Å². The Morgan fingerprint density at radius 3 is 2.90 bits per heavy atom. The Morgan fingerprint density at radius 2 is 2.15 bits per heavy atom. The number of benzene rings is 1. The lowest BCUT2D eigenvalue weighted by atomic mass is 10.2. The van der Waals surface area contributed by atoms with E-state index in [9.17, 15) is 4.39 Å². The van der Waals surface area contributed by atoms with Gasteiger partial charge in [-0.25, -0.2) is 4.39 Å². The molecule has 0 amide bonds. The molecule has 1 aromatic heterocycles. The summed E-state index contributed by atoms with van der Waals surface area (Å²) in [7, 11) is 0. The number of hydrogen-bond donors (Lipinski definition) is 1. The van der Waals surface area contributed by atoms with Crippen LogP contribution in [0.1, 0.15) is 12.8 Å². The molecule has 0 bridgehead atoms. The van der Waals surface area contributed by atoms with Crippen molar-refractivity contribution in [2.24, 2.45) is 0 Å². The summed E-state index contributed by atoms with van der Waals surface area (Å²) in [5.41, 5.74) is 0.735. The number of hydrogen-bond acceptors (Lipinski definition) is 5. The van der Waals surface area contributed by atoms with Gasteiger partial charge in [0.15, 0.2) is 0 Å². The van der Waals surface area contributed by atoms with Gasteiger partial charge in [-0.05, 0) is 31.2 Å². The molecule has 5 nitrogen and oxygen atoms in total. The first kappa shape index (κ1) is 13.2. The van der Waals surface area contributed by atoms with E-state index >= 15 is 0 Å². The van der Waals surface area contributed by atoms with E-state index in [1.54, 1.807) is 12.1 Å². The first-order valence-electron chi connectivity index (χ1n) is 6.75. The topological polar surface area (TPSA) is 54.2 Å². The zero-order valence-corrected chi connectivity index (χ0v) is 11.3. The van der Waals surface area contributed by atoms with Crippen molar-refractivity contribution in [2.45, 2.75) is 19.5 Å². The highest BCUT2D eigenvalue weighted by Crippen LogP contribution is 2.19. The minimum Gasteiger partial charge on any atom is -0.419 e. The molecule has 2 heterocycles. The van der Waals surface area contributed by atoms with E-state index < -0.39 is 0 Å². The predicted octanol–water partition coefficient (Wildman–Crippen LogP) is 1.67. The molecule has 106 valence electrons. The standard InChI is InChI=1S/C14H17FN4O/c1-10-8-16-6-7-19(10)9-13-17-18-14(20-13)11-2-4-12(15)5-3-11/h2-5,10,16H,6-9H2,1H3/t10-/m1/s1. The lowest BCUT2D eigenvalue weighted by Gasteiger charge is -2.32. The summed E-state index contributed by atoms with van der Waals surface area (Å²) in [6.07, 6.45) is 0. The van der Waals surface area contributed by atoms with Crippen LogP contribution in [0.3, 0.4) is 0 Å². The van der Waals surface area contributed by atoms with Crippen LogP contribution in [0.2, 0.25) is 0 Å². The Bertz CT molecular complexity index is 569. The molecule has 1 aromatic carbocycles. The molecule has 2 aromatic rings. The number of piperazine rings is 1. The average molecular weight is 276 g/mol. The summed E-state index contributed by atoms with van der Waals surface area (Å²) < 4.78 is 18.5. The van der Waals surface area contributed by atoms with Gasteiger partial charge < -0.3 is 9.73 Å². The Balaban J connectivity index is 1.71. The number of rotatable bonds is 3. The highest BCUT2D eigenvalue weighted by Gasteiger charge is 2.20. The SMILES string of the molecule is C[C@@H]1CNCCN1Cc1nnc(-c2ccc(F)cc2)o1. The van der Waals surface area contributed by atoms with Crippen molar-refractivity contribution in [1.29, 1.82) is 0 Å². The molecule has 3 rings (SSSR count). The minimum atomic E-state index is -0.275. The summed E-state index contributed by atoms with van der Waals surface area (Å²) in [6, 6.07) is 6.50. The van der Waals surface area contributed by atoms with Crippen LogP contribution in [0.25, 0.3) is 11.5 Å². The van der Waals surface area contributed by atoms with Crippen molar-refractivity contribution in [2.75, 3.05) is 19.6 Å². The molecule has 1 aliphatic heterocycles. The molecule has 1 N–H and O–H groups in total. The van der Waals surface area contributed by atoms with E-state index in [0.29, 0.717) is 24.4 Å². The van der Waals surface area contributed by atoms with Crippen molar-refractivity contribution in [3.8, 4) is 11.5 Å². The van der Waals surface area contributed by atoms with Gasteiger partial charge >= 0.3 is 0 Å². The Morgan fingerprint density at radius 1 is 1.35 bits per heavy atom. The maximum absolute atomic E-state index is 12.9. The third kappa shape index (κ3) is 2.86. The molecular formula is C14H17FN4O. The lowest BCUT2D eigenvalue weighted by Crippen LogP contribution is -2.49. The largest absolute Gasteiger partial charge is 0.419 e. The van der Waals surface area contributed by atoms with Gasteiger partial charge in [0, 0.05) is 31.2 Å². The van der Waals surface area contributed by atoms with Gasteiger partial charge in [-0.15, -0.1) is 10.2 Å². The summed E-state index contributed by atoms with van der Waals surface area (Å²) in [4.78, 5) is 2.30. The summed E-state index contributed by atoms with van der Waals surface area (Å²) in [5, 5.41) is 11.4. The van der Waals surface area contributed by atoms with Crippen molar-refractivity contribution < 1.29 is 8.81 Å². The zero-order chi connectivity index (χ0) is 13.9. The van der Waals surface area contributed by atoms with Crippen LogP contribution in [0.5, 0.6) is 0 Å². The van der Waals surface area contributed by atoms with Crippen LogP contribution in [0.15, 0.2) is 28.7 Å². The van der Waals surface area contributed by atoms with Crippen LogP contribution in [-0.2, 0) is 6.54 Å². The average Bonchev–Trinajstić information content (AvgIpc) is 2.91. The summed E-state index contributed by atoms with van der Waals surface area (Å²) >= 11 is 0. The van der Waals surface area contributed by atoms with E-state index in [4.69, 9.17) is 4.42 Å². The first-order valence-corrected chi connectivity index (χ1v) is 6.75. The molecule has 20 heavy (non-hydrogen) atoms. The van der Waals surface area contributed by atoms with Gasteiger partial charge in [-0.1, -0.05) is 0 Å². The second kappa shape index (κ2) is 5.68. The van der Waals surface area contributed by atoms with Gasteiger partial charge in [0.05, 0.1) is 6.54 Å². The van der Waals surface area contributed by atoms with E-state index in [0.717, 1.165) is 25.2 Å². The Labute approximate surface area is 116 Å². The normalized spacial score (nSPS) is 20.2. The van der Waals surface area contributed by atoms with E-state index in [2.05, 4.69) is 27.3 Å². The maximum atomic E-state index is 12.9. The van der Waals surface area contributed by atoms with Crippen molar-refractivity contribution in [3.63, 3.8) is 0 Å². The van der Waals surface area contributed by atoms with Crippen LogP contribution >= 0.6 is 0 Å². The zero-order valence-electron chi connectivity index (χ0n) is 11.3.